The molecule has 2 aliphatic carbocycles. The molecule has 1 fully saturated rings. The standard InChI is InChI=1S/C36H34BrN3O3.C12H12BBrNO3.Ni/c37-27-19-17-25-18-20-28(30(25)22-27)34(36(42)43)39-33(26-12-5-2-6-13-26)29-14-7-8-15-31(29)38-35(41)32-16-9-21-40(32)23-24-10-3-1-4-11-24;14-8-3-1-7-2-4-9(10(7)5-8)11(12(17)18)15-13-6-16;/h1-8,10-15,17,19,22,28,32,34H,9,16,18,20-21,23H2,(H,38,41)(H,42,43);1,3,5-6,9,11,15H,2,4H2,(H,17,18);/q;;+2/p-2/t28-,32+,34+;9-,11+;/m11./s1. The van der Waals surface area contributed by atoms with Crippen LogP contribution in [-0.4, -0.2) is 71.8 Å². The summed E-state index contributed by atoms with van der Waals surface area (Å²) in [5.41, 5.74) is 7.84. The molecule has 0 amide bonds. The second kappa shape index (κ2) is 22.1. The molecule has 14 heteroatoms. The van der Waals surface area contributed by atoms with E-state index in [-0.39, 0.29) is 40.3 Å². The first-order valence-corrected chi connectivity index (χ1v) is 22.0. The second-order valence-electron chi connectivity index (χ2n) is 15.5. The molecule has 1 saturated heterocycles. The number of aliphatic imine (C=N–C) groups is 2. The Morgan fingerprint density at radius 1 is 0.823 bits per heavy atom. The van der Waals surface area contributed by atoms with Crippen LogP contribution in [0.15, 0.2) is 140 Å². The smallest absolute Gasteiger partial charge is 0.861 e. The first-order chi connectivity index (χ1) is 29.6. The molecule has 8 rings (SSSR count). The van der Waals surface area contributed by atoms with Gasteiger partial charge in [0.2, 0.25) is 0 Å². The Bertz CT molecular complexity index is 2420. The van der Waals surface area contributed by atoms with Gasteiger partial charge in [0.05, 0.1) is 29.6 Å². The third-order valence-corrected chi connectivity index (χ3v) is 12.7. The molecule has 5 aromatic carbocycles. The van der Waals surface area contributed by atoms with E-state index in [2.05, 4.69) is 59.1 Å². The van der Waals surface area contributed by atoms with Crippen molar-refractivity contribution < 1.29 is 46.2 Å². The van der Waals surface area contributed by atoms with Gasteiger partial charge in [-0.05, 0) is 109 Å². The van der Waals surface area contributed by atoms with Gasteiger partial charge in [-0.25, -0.2) is 0 Å². The van der Waals surface area contributed by atoms with E-state index in [1.807, 2.05) is 103 Å². The number of nitrogens with one attached hydrogen (secondary N) is 1. The van der Waals surface area contributed by atoms with E-state index in [9.17, 15) is 29.7 Å². The number of hydrogen-bond donors (Lipinski definition) is 2. The summed E-state index contributed by atoms with van der Waals surface area (Å²) in [6.07, 6.45) is 5.35. The Morgan fingerprint density at radius 2 is 1.42 bits per heavy atom. The zero-order valence-electron chi connectivity index (χ0n) is 33.6. The van der Waals surface area contributed by atoms with Crippen LogP contribution in [0, 0.1) is 0 Å². The van der Waals surface area contributed by atoms with Gasteiger partial charge in [0.25, 0.3) is 7.41 Å². The molecule has 5 aromatic rings. The number of carboxylic acid groups (broad SMARTS) is 2. The number of carbonyl (C=O) groups excluding carboxylic acids is 2. The normalized spacial score (nSPS) is 19.2. The van der Waals surface area contributed by atoms with Crippen LogP contribution in [0.2, 0.25) is 0 Å². The summed E-state index contributed by atoms with van der Waals surface area (Å²) >= 11 is 6.94. The number of aryl methyl sites for hydroxylation is 2. The van der Waals surface area contributed by atoms with Gasteiger partial charge in [0.15, 0.2) is 0 Å². The largest absolute Gasteiger partial charge is 2.00 e. The minimum Gasteiger partial charge on any atom is -0.861 e. The Hall–Kier alpha value is -4.71. The topological polar surface area (TPSA) is 158 Å². The Kier molecular flexibility index (Phi) is 16.7. The predicted octanol–water partition coefficient (Wildman–Crippen LogP) is 6.52. The number of halogens is 2. The summed E-state index contributed by atoms with van der Waals surface area (Å²) in [7, 11) is 1.15. The van der Waals surface area contributed by atoms with Crippen LogP contribution in [0.5, 0.6) is 0 Å². The maximum atomic E-state index is 13.7. The summed E-state index contributed by atoms with van der Waals surface area (Å²) in [5.74, 6) is -2.79. The molecule has 10 nitrogen and oxygen atoms in total. The molecule has 1 aliphatic heterocycles. The van der Waals surface area contributed by atoms with Gasteiger partial charge in [0, 0.05) is 44.5 Å². The number of carbonyl (C=O) groups is 3. The van der Waals surface area contributed by atoms with Gasteiger partial charge < -0.3 is 30.1 Å². The van der Waals surface area contributed by atoms with Crippen molar-refractivity contribution in [1.29, 1.82) is 0 Å². The molecule has 0 spiro atoms. The SMILES string of the molecule is O=C([O-])[C@@H](N=C(c1ccccc1)c1ccccc1N=C([O-])[C@@H]1CCCN1Cc1ccccc1)[C@@H]1CCc2ccc(Br)cc21.O=C[B]N[C@H](C(=O)O)[C@@H]1CCc2ccc(Br)cc21.[Ni+2]. The average Bonchev–Trinajstić information content (AvgIpc) is 4.01. The number of nitrogens with zero attached hydrogens (tertiary/aromatic N) is 3. The van der Waals surface area contributed by atoms with Crippen LogP contribution in [-0.2, 0) is 50.3 Å². The van der Waals surface area contributed by atoms with Crippen LogP contribution in [0.25, 0.3) is 0 Å². The Labute approximate surface area is 389 Å². The van der Waals surface area contributed by atoms with Gasteiger partial charge in [0.1, 0.15) is 6.04 Å². The van der Waals surface area contributed by atoms with Crippen molar-refractivity contribution in [3.8, 4) is 0 Å². The number of fused-ring (bicyclic) bond motifs is 2. The maximum Gasteiger partial charge on any atom is 2.00 e. The summed E-state index contributed by atoms with van der Waals surface area (Å²) in [6, 6.07) is 36.8. The summed E-state index contributed by atoms with van der Waals surface area (Å²) in [5, 5.41) is 38.3. The molecule has 0 saturated carbocycles. The van der Waals surface area contributed by atoms with Gasteiger partial charge in [-0.15, -0.1) is 0 Å². The number of para-hydroxylation sites is 1. The molecule has 0 unspecified atom stereocenters. The minimum atomic E-state index is -1.22. The quantitative estimate of drug-likeness (QED) is 0.0552. The number of aliphatic carboxylic acids is 2. The van der Waals surface area contributed by atoms with Crippen molar-refractivity contribution >= 4 is 74.7 Å². The van der Waals surface area contributed by atoms with Crippen LogP contribution >= 0.6 is 31.9 Å². The number of benzene rings is 5. The number of likely N-dealkylation sites (tertiary alicyclic amines) is 1. The fraction of sp³-hybridized carbons (Fsp3) is 0.271. The van der Waals surface area contributed by atoms with E-state index >= 15 is 0 Å². The molecule has 319 valence electrons. The van der Waals surface area contributed by atoms with Crippen LogP contribution < -0.4 is 15.4 Å². The molecule has 2 N–H and O–H groups in total. The van der Waals surface area contributed by atoms with Crippen molar-refractivity contribution in [3.05, 3.63) is 169 Å². The zero-order chi connectivity index (χ0) is 42.9. The summed E-state index contributed by atoms with van der Waals surface area (Å²) in [6.45, 7) is 1.53. The molecule has 0 aromatic heterocycles. The second-order valence-corrected chi connectivity index (χ2v) is 17.3. The fourth-order valence-electron chi connectivity index (χ4n) is 8.81. The van der Waals surface area contributed by atoms with Crippen LogP contribution in [0.1, 0.15) is 76.5 Å². The van der Waals surface area contributed by atoms with Gasteiger partial charge in [-0.1, -0.05) is 123 Å². The fourth-order valence-corrected chi connectivity index (χ4v) is 9.56. The Balaban J connectivity index is 0.000000283. The van der Waals surface area contributed by atoms with Crippen LogP contribution in [0.4, 0.5) is 5.69 Å². The molecule has 1 heterocycles. The van der Waals surface area contributed by atoms with Gasteiger partial charge in [-0.3, -0.25) is 19.7 Å². The number of carboxylic acids is 2. The number of hydrogen-bond acceptors (Lipinski definition) is 9. The maximum absolute atomic E-state index is 13.7. The van der Waals surface area contributed by atoms with Crippen molar-refractivity contribution in [1.82, 2.24) is 10.1 Å². The molecule has 3 aliphatic rings. The first kappa shape index (κ1) is 46.8. The van der Waals surface area contributed by atoms with Crippen molar-refractivity contribution in [2.24, 2.45) is 9.98 Å². The molecule has 1 radical (unpaired) electrons. The van der Waals surface area contributed by atoms with E-state index in [0.717, 1.165) is 82.8 Å². The molecular weight excluding hydrogens is 958 g/mol. The molecule has 0 bridgehead atoms. The monoisotopic (exact) mass is 999 g/mol. The van der Waals surface area contributed by atoms with E-state index in [1.165, 1.54) is 5.56 Å². The summed E-state index contributed by atoms with van der Waals surface area (Å²) < 4.78 is 1.84. The van der Waals surface area contributed by atoms with Crippen LogP contribution in [0.3, 0.4) is 0 Å². The number of rotatable bonds is 14. The molecule has 5 atom stereocenters. The molecular formula is C48H44BBr2N4NiO6. The van der Waals surface area contributed by atoms with E-state index < -0.39 is 24.0 Å². The van der Waals surface area contributed by atoms with Crippen molar-refractivity contribution in [3.63, 3.8) is 0 Å². The third kappa shape index (κ3) is 11.3. The van der Waals surface area contributed by atoms with E-state index in [4.69, 9.17) is 4.99 Å². The Morgan fingerprint density at radius 3 is 2.05 bits per heavy atom. The van der Waals surface area contributed by atoms with Gasteiger partial charge in [-0.2, -0.15) is 0 Å². The van der Waals surface area contributed by atoms with Crippen molar-refractivity contribution in [2.45, 2.75) is 75.0 Å². The van der Waals surface area contributed by atoms with Crippen molar-refractivity contribution in [2.75, 3.05) is 6.54 Å². The van der Waals surface area contributed by atoms with E-state index in [1.54, 1.807) is 6.07 Å². The third-order valence-electron chi connectivity index (χ3n) is 11.7. The van der Waals surface area contributed by atoms with Gasteiger partial charge >= 0.3 is 22.5 Å². The molecule has 62 heavy (non-hydrogen) atoms. The minimum absolute atomic E-state index is 0. The van der Waals surface area contributed by atoms with E-state index in [0.29, 0.717) is 36.1 Å². The zero-order valence-corrected chi connectivity index (χ0v) is 37.8. The summed E-state index contributed by atoms with van der Waals surface area (Å²) in [4.78, 5) is 46.1. The average molecular weight is 1000 g/mol. The predicted molar refractivity (Wildman–Crippen MR) is 242 cm³/mol. The first-order valence-electron chi connectivity index (χ1n) is 20.4.